The third kappa shape index (κ3) is 5.09. The molecule has 0 bridgehead atoms. The molecule has 0 fully saturated rings. The van der Waals surface area contributed by atoms with Crippen LogP contribution in [0.15, 0.2) is 36.4 Å². The normalized spacial score (nSPS) is 12.2. The van der Waals surface area contributed by atoms with Crippen LogP contribution in [0.1, 0.15) is 73.5 Å². The topological polar surface area (TPSA) is 29.5 Å². The van der Waals surface area contributed by atoms with Crippen LogP contribution >= 0.6 is 0 Å². The molecule has 25 heavy (non-hydrogen) atoms. The number of ether oxygens (including phenoxy) is 1. The van der Waals surface area contributed by atoms with Crippen LogP contribution in [0.25, 0.3) is 0 Å². The first-order chi connectivity index (χ1) is 12.1. The van der Waals surface area contributed by atoms with Crippen molar-refractivity contribution < 1.29 is 9.84 Å². The maximum Gasteiger partial charge on any atom is 0.122 e. The third-order valence-electron chi connectivity index (χ3n) is 4.94. The zero-order valence-corrected chi connectivity index (χ0v) is 16.1. The fourth-order valence-corrected chi connectivity index (χ4v) is 3.02. The molecular weight excluding hydrogens is 308 g/mol. The first-order valence-electron chi connectivity index (χ1n) is 9.58. The Kier molecular flexibility index (Phi) is 7.52. The Labute approximate surface area is 152 Å². The number of aryl methyl sites for hydroxylation is 1. The van der Waals surface area contributed by atoms with Gasteiger partial charge in [0.15, 0.2) is 0 Å². The Morgan fingerprint density at radius 2 is 1.56 bits per heavy atom. The van der Waals surface area contributed by atoms with Crippen LogP contribution < -0.4 is 4.74 Å². The van der Waals surface area contributed by atoms with E-state index in [1.807, 2.05) is 12.1 Å². The Morgan fingerprint density at radius 1 is 0.880 bits per heavy atom. The predicted octanol–water partition coefficient (Wildman–Crippen LogP) is 5.91. The lowest BCUT2D eigenvalue weighted by atomic mass is 9.93. The van der Waals surface area contributed by atoms with Crippen LogP contribution in [0, 0.1) is 13.8 Å². The fraction of sp³-hybridized carbons (Fsp3) is 0.478. The molecule has 2 heteroatoms. The van der Waals surface area contributed by atoms with Crippen LogP contribution in [-0.4, -0.2) is 11.7 Å². The van der Waals surface area contributed by atoms with Crippen molar-refractivity contribution in [2.24, 2.45) is 0 Å². The minimum Gasteiger partial charge on any atom is -0.493 e. The highest BCUT2D eigenvalue weighted by Gasteiger charge is 2.16. The molecule has 2 aromatic rings. The third-order valence-corrected chi connectivity index (χ3v) is 4.94. The molecule has 1 unspecified atom stereocenters. The molecule has 2 nitrogen and oxygen atoms in total. The van der Waals surface area contributed by atoms with E-state index in [-0.39, 0.29) is 0 Å². The number of unbranched alkanes of at least 4 members (excludes halogenated alkanes) is 2. The lowest BCUT2D eigenvalue weighted by molar-refractivity contribution is 0.219. The van der Waals surface area contributed by atoms with Gasteiger partial charge in [0.1, 0.15) is 11.9 Å². The zero-order valence-electron chi connectivity index (χ0n) is 16.1. The van der Waals surface area contributed by atoms with E-state index in [0.29, 0.717) is 0 Å². The van der Waals surface area contributed by atoms with E-state index in [2.05, 4.69) is 52.0 Å². The molecule has 0 heterocycles. The van der Waals surface area contributed by atoms with E-state index in [4.69, 9.17) is 4.74 Å². The molecule has 0 aromatic heterocycles. The minimum absolute atomic E-state index is 0.594. The van der Waals surface area contributed by atoms with Gasteiger partial charge in [0.05, 0.1) is 6.61 Å². The summed E-state index contributed by atoms with van der Waals surface area (Å²) < 4.78 is 5.87. The van der Waals surface area contributed by atoms with Crippen molar-refractivity contribution in [1.29, 1.82) is 0 Å². The highest BCUT2D eigenvalue weighted by Crippen LogP contribution is 2.31. The summed E-state index contributed by atoms with van der Waals surface area (Å²) in [7, 11) is 0. The molecule has 136 valence electrons. The second kappa shape index (κ2) is 9.62. The Morgan fingerprint density at radius 3 is 2.20 bits per heavy atom. The minimum atomic E-state index is -0.594. The van der Waals surface area contributed by atoms with Gasteiger partial charge in [-0.05, 0) is 67.0 Å². The molecule has 1 atom stereocenters. The number of aliphatic hydroxyl groups is 1. The average molecular weight is 341 g/mol. The number of hydrogen-bond donors (Lipinski definition) is 1. The Bertz CT molecular complexity index is 659. The summed E-state index contributed by atoms with van der Waals surface area (Å²) in [5, 5.41) is 10.8. The average Bonchev–Trinajstić information content (AvgIpc) is 2.63. The van der Waals surface area contributed by atoms with Gasteiger partial charge in [0.2, 0.25) is 0 Å². The van der Waals surface area contributed by atoms with Crippen LogP contribution in [-0.2, 0) is 6.42 Å². The van der Waals surface area contributed by atoms with Crippen molar-refractivity contribution in [3.63, 3.8) is 0 Å². The van der Waals surface area contributed by atoms with Gasteiger partial charge >= 0.3 is 0 Å². The van der Waals surface area contributed by atoms with Gasteiger partial charge < -0.3 is 9.84 Å². The van der Waals surface area contributed by atoms with Crippen LogP contribution in [0.4, 0.5) is 0 Å². The summed E-state index contributed by atoms with van der Waals surface area (Å²) >= 11 is 0. The summed E-state index contributed by atoms with van der Waals surface area (Å²) in [6.07, 6.45) is 5.11. The van der Waals surface area contributed by atoms with Crippen LogP contribution in [0.2, 0.25) is 0 Å². The van der Waals surface area contributed by atoms with E-state index >= 15 is 0 Å². The number of hydrogen-bond acceptors (Lipinski definition) is 2. The van der Waals surface area contributed by atoms with Gasteiger partial charge in [-0.2, -0.15) is 0 Å². The largest absolute Gasteiger partial charge is 0.493 e. The summed E-state index contributed by atoms with van der Waals surface area (Å²) in [5.74, 6) is 0.928. The van der Waals surface area contributed by atoms with E-state index in [1.54, 1.807) is 0 Å². The Balaban J connectivity index is 2.15. The van der Waals surface area contributed by atoms with E-state index in [0.717, 1.165) is 53.9 Å². The van der Waals surface area contributed by atoms with Gasteiger partial charge in [0.25, 0.3) is 0 Å². The molecule has 0 aliphatic heterocycles. The molecule has 0 amide bonds. The second-order valence-electron chi connectivity index (χ2n) is 6.85. The van der Waals surface area contributed by atoms with Gasteiger partial charge in [-0.15, -0.1) is 0 Å². The van der Waals surface area contributed by atoms with Crippen LogP contribution in [0.5, 0.6) is 5.75 Å². The second-order valence-corrected chi connectivity index (χ2v) is 6.85. The van der Waals surface area contributed by atoms with Gasteiger partial charge in [0, 0.05) is 0 Å². The van der Waals surface area contributed by atoms with E-state index < -0.39 is 6.10 Å². The SMILES string of the molecule is CCCCOc1ccc(C(O)c2ccc(CCCC)cc2)c(C)c1C. The first-order valence-corrected chi connectivity index (χ1v) is 9.58. The monoisotopic (exact) mass is 340 g/mol. The first kappa shape index (κ1) is 19.5. The molecular formula is C23H32O2. The summed E-state index contributed by atoms with van der Waals surface area (Å²) in [4.78, 5) is 0. The number of benzene rings is 2. The van der Waals surface area contributed by atoms with E-state index in [1.165, 1.54) is 18.4 Å². The maximum atomic E-state index is 10.8. The number of rotatable bonds is 9. The van der Waals surface area contributed by atoms with Crippen molar-refractivity contribution in [2.45, 2.75) is 65.9 Å². The van der Waals surface area contributed by atoms with Crippen molar-refractivity contribution >= 4 is 0 Å². The van der Waals surface area contributed by atoms with Crippen molar-refractivity contribution in [1.82, 2.24) is 0 Å². The smallest absolute Gasteiger partial charge is 0.122 e. The molecule has 0 aliphatic rings. The predicted molar refractivity (Wildman–Crippen MR) is 105 cm³/mol. The molecule has 2 rings (SSSR count). The molecule has 0 radical (unpaired) electrons. The molecule has 0 saturated heterocycles. The van der Waals surface area contributed by atoms with Gasteiger partial charge in [-0.3, -0.25) is 0 Å². The lowest BCUT2D eigenvalue weighted by Gasteiger charge is -2.19. The fourth-order valence-electron chi connectivity index (χ4n) is 3.02. The molecule has 0 spiro atoms. The van der Waals surface area contributed by atoms with Crippen molar-refractivity contribution in [3.05, 3.63) is 64.2 Å². The number of aliphatic hydroxyl groups excluding tert-OH is 1. The highest BCUT2D eigenvalue weighted by molar-refractivity contribution is 5.46. The van der Waals surface area contributed by atoms with Gasteiger partial charge in [-0.1, -0.05) is 57.0 Å². The van der Waals surface area contributed by atoms with E-state index in [9.17, 15) is 5.11 Å². The lowest BCUT2D eigenvalue weighted by Crippen LogP contribution is -2.06. The van der Waals surface area contributed by atoms with Crippen molar-refractivity contribution in [3.8, 4) is 5.75 Å². The quantitative estimate of drug-likeness (QED) is 0.575. The van der Waals surface area contributed by atoms with Gasteiger partial charge in [-0.25, -0.2) is 0 Å². The molecule has 0 aliphatic carbocycles. The summed E-state index contributed by atoms with van der Waals surface area (Å²) in [6, 6.07) is 12.4. The molecule has 2 aromatic carbocycles. The van der Waals surface area contributed by atoms with Crippen molar-refractivity contribution in [2.75, 3.05) is 6.61 Å². The van der Waals surface area contributed by atoms with Crippen LogP contribution in [0.3, 0.4) is 0 Å². The zero-order chi connectivity index (χ0) is 18.2. The standard InChI is InChI=1S/C23H32O2/c1-5-7-9-19-10-12-20(13-11-19)23(24)21-14-15-22(18(4)17(21)3)25-16-8-6-2/h10-15,23-24H,5-9,16H2,1-4H3. The summed E-state index contributed by atoms with van der Waals surface area (Å²) in [5.41, 5.74) is 5.47. The summed E-state index contributed by atoms with van der Waals surface area (Å²) in [6.45, 7) is 9.25. The molecule has 1 N–H and O–H groups in total. The maximum absolute atomic E-state index is 10.8. The molecule has 0 saturated carbocycles. The highest BCUT2D eigenvalue weighted by atomic mass is 16.5. The Hall–Kier alpha value is -1.80.